The smallest absolute Gasteiger partial charge is 0.326 e. The van der Waals surface area contributed by atoms with E-state index in [0.29, 0.717) is 50.1 Å². The summed E-state index contributed by atoms with van der Waals surface area (Å²) in [5.41, 5.74) is 0.254. The standard InChI is InChI=1S/C17H21NO7/c1-22-12-7-11(8-13-15(12)25-6-5-24-13)16(19)18-14(17(20)21)10-3-2-4-23-9-10/h7-8,10,14H,2-6,9H2,1H3,(H,18,19)(H,20,21). The average molecular weight is 351 g/mol. The number of carbonyl (C=O) groups excluding carboxylic acids is 1. The lowest BCUT2D eigenvalue weighted by Gasteiger charge is -2.28. The lowest BCUT2D eigenvalue weighted by molar-refractivity contribution is -0.142. The van der Waals surface area contributed by atoms with Gasteiger partial charge >= 0.3 is 5.97 Å². The molecule has 0 aromatic heterocycles. The highest BCUT2D eigenvalue weighted by atomic mass is 16.6. The second kappa shape index (κ2) is 7.60. The molecule has 1 fully saturated rings. The van der Waals surface area contributed by atoms with Crippen LogP contribution in [-0.2, 0) is 9.53 Å². The summed E-state index contributed by atoms with van der Waals surface area (Å²) in [4.78, 5) is 24.2. The SMILES string of the molecule is COc1cc(C(=O)NC(C(=O)O)C2CCCOC2)cc2c1OCCO2. The minimum absolute atomic E-state index is 0.254. The second-order valence-corrected chi connectivity index (χ2v) is 5.97. The van der Waals surface area contributed by atoms with Crippen LogP contribution in [0, 0.1) is 5.92 Å². The Bertz CT molecular complexity index is 637. The minimum atomic E-state index is -1.08. The normalized spacial score (nSPS) is 20.4. The van der Waals surface area contributed by atoms with E-state index in [0.717, 1.165) is 6.42 Å². The third kappa shape index (κ3) is 3.79. The Kier molecular flexibility index (Phi) is 5.28. The topological polar surface area (TPSA) is 103 Å². The monoisotopic (exact) mass is 351 g/mol. The van der Waals surface area contributed by atoms with Crippen LogP contribution in [0.25, 0.3) is 0 Å². The van der Waals surface area contributed by atoms with Gasteiger partial charge in [-0.3, -0.25) is 4.79 Å². The highest BCUT2D eigenvalue weighted by molar-refractivity contribution is 5.97. The summed E-state index contributed by atoms with van der Waals surface area (Å²) < 4.78 is 21.6. The summed E-state index contributed by atoms with van der Waals surface area (Å²) in [5, 5.41) is 12.1. The fraction of sp³-hybridized carbons (Fsp3) is 0.529. The molecule has 2 aliphatic heterocycles. The Morgan fingerprint density at radius 2 is 2.08 bits per heavy atom. The number of hydrogen-bond donors (Lipinski definition) is 2. The van der Waals surface area contributed by atoms with Crippen molar-refractivity contribution in [2.24, 2.45) is 5.92 Å². The number of methoxy groups -OCH3 is 1. The third-order valence-corrected chi connectivity index (χ3v) is 4.31. The van der Waals surface area contributed by atoms with Gasteiger partial charge in [-0.05, 0) is 25.0 Å². The molecule has 2 atom stereocenters. The van der Waals surface area contributed by atoms with Crippen LogP contribution < -0.4 is 19.5 Å². The fourth-order valence-electron chi connectivity index (χ4n) is 3.04. The first-order valence-electron chi connectivity index (χ1n) is 8.19. The zero-order valence-electron chi connectivity index (χ0n) is 13.9. The van der Waals surface area contributed by atoms with E-state index >= 15 is 0 Å². The Morgan fingerprint density at radius 1 is 1.28 bits per heavy atom. The first-order valence-corrected chi connectivity index (χ1v) is 8.19. The number of nitrogens with one attached hydrogen (secondary N) is 1. The van der Waals surface area contributed by atoms with Gasteiger partial charge < -0.3 is 29.4 Å². The molecule has 1 amide bonds. The average Bonchev–Trinajstić information content (AvgIpc) is 2.65. The molecule has 2 unspecified atom stereocenters. The van der Waals surface area contributed by atoms with E-state index in [1.54, 1.807) is 0 Å². The van der Waals surface area contributed by atoms with Crippen LogP contribution in [0.3, 0.4) is 0 Å². The van der Waals surface area contributed by atoms with E-state index in [1.165, 1.54) is 19.2 Å². The maximum Gasteiger partial charge on any atom is 0.326 e. The van der Waals surface area contributed by atoms with Crippen LogP contribution in [0.4, 0.5) is 0 Å². The van der Waals surface area contributed by atoms with Gasteiger partial charge in [-0.15, -0.1) is 0 Å². The number of carbonyl (C=O) groups is 2. The van der Waals surface area contributed by atoms with Gasteiger partial charge in [-0.2, -0.15) is 0 Å². The molecular formula is C17H21NO7. The maximum absolute atomic E-state index is 12.6. The predicted octanol–water partition coefficient (Wildman–Crippen LogP) is 1.08. The number of carboxylic acids is 1. The van der Waals surface area contributed by atoms with E-state index < -0.39 is 17.9 Å². The van der Waals surface area contributed by atoms with Crippen molar-refractivity contribution >= 4 is 11.9 Å². The van der Waals surface area contributed by atoms with Crippen molar-refractivity contribution in [3.63, 3.8) is 0 Å². The van der Waals surface area contributed by atoms with Gasteiger partial charge in [0.25, 0.3) is 5.91 Å². The number of ether oxygens (including phenoxy) is 4. The number of rotatable bonds is 5. The van der Waals surface area contributed by atoms with Crippen LogP contribution in [-0.4, -0.2) is 56.6 Å². The van der Waals surface area contributed by atoms with Crippen LogP contribution in [0.2, 0.25) is 0 Å². The summed E-state index contributed by atoms with van der Waals surface area (Å²) in [6.07, 6.45) is 1.48. The number of benzene rings is 1. The number of aliphatic carboxylic acids is 1. The highest BCUT2D eigenvalue weighted by Crippen LogP contribution is 2.40. The summed E-state index contributed by atoms with van der Waals surface area (Å²) in [6, 6.07) is 2.04. The molecule has 1 aromatic rings. The molecule has 0 aliphatic carbocycles. The van der Waals surface area contributed by atoms with E-state index in [1.807, 2.05) is 0 Å². The largest absolute Gasteiger partial charge is 0.493 e. The van der Waals surface area contributed by atoms with E-state index in [2.05, 4.69) is 5.32 Å². The third-order valence-electron chi connectivity index (χ3n) is 4.31. The zero-order valence-corrected chi connectivity index (χ0v) is 13.9. The molecule has 8 heteroatoms. The van der Waals surface area contributed by atoms with Gasteiger partial charge in [0.15, 0.2) is 11.5 Å². The summed E-state index contributed by atoms with van der Waals surface area (Å²) in [7, 11) is 1.47. The Balaban J connectivity index is 1.80. The Hall–Kier alpha value is -2.48. The lowest BCUT2D eigenvalue weighted by Crippen LogP contribution is -2.48. The molecule has 0 spiro atoms. The Labute approximate surface area is 145 Å². The number of fused-ring (bicyclic) bond motifs is 1. The minimum Gasteiger partial charge on any atom is -0.493 e. The van der Waals surface area contributed by atoms with Gasteiger partial charge in [0.05, 0.1) is 13.7 Å². The van der Waals surface area contributed by atoms with Crippen LogP contribution in [0.5, 0.6) is 17.2 Å². The van der Waals surface area contributed by atoms with Gasteiger partial charge in [-0.1, -0.05) is 0 Å². The molecule has 3 rings (SSSR count). The van der Waals surface area contributed by atoms with E-state index in [4.69, 9.17) is 18.9 Å². The summed E-state index contributed by atoms with van der Waals surface area (Å²) in [5.74, 6) is -0.615. The lowest BCUT2D eigenvalue weighted by atomic mass is 9.93. The number of hydrogen-bond acceptors (Lipinski definition) is 6. The maximum atomic E-state index is 12.6. The fourth-order valence-corrected chi connectivity index (χ4v) is 3.04. The van der Waals surface area contributed by atoms with Gasteiger partial charge in [0.1, 0.15) is 19.3 Å². The summed E-state index contributed by atoms with van der Waals surface area (Å²) in [6.45, 7) is 1.72. The van der Waals surface area contributed by atoms with Crippen molar-refractivity contribution in [2.45, 2.75) is 18.9 Å². The van der Waals surface area contributed by atoms with E-state index in [-0.39, 0.29) is 11.5 Å². The molecule has 0 saturated carbocycles. The molecule has 0 radical (unpaired) electrons. The van der Waals surface area contributed by atoms with Crippen LogP contribution in [0.15, 0.2) is 12.1 Å². The van der Waals surface area contributed by atoms with Gasteiger partial charge in [-0.25, -0.2) is 4.79 Å². The molecule has 2 N–H and O–H groups in total. The molecule has 2 aliphatic rings. The molecule has 2 heterocycles. The molecule has 8 nitrogen and oxygen atoms in total. The van der Waals surface area contributed by atoms with Crippen molar-refractivity contribution in [2.75, 3.05) is 33.5 Å². The molecule has 0 bridgehead atoms. The van der Waals surface area contributed by atoms with Gasteiger partial charge in [0.2, 0.25) is 5.75 Å². The summed E-state index contributed by atoms with van der Waals surface area (Å²) >= 11 is 0. The molecule has 25 heavy (non-hydrogen) atoms. The predicted molar refractivity (Wildman–Crippen MR) is 86.4 cm³/mol. The quantitative estimate of drug-likeness (QED) is 0.818. The van der Waals surface area contributed by atoms with Crippen molar-refractivity contribution in [3.8, 4) is 17.2 Å². The molecule has 1 aromatic carbocycles. The van der Waals surface area contributed by atoms with Crippen molar-refractivity contribution in [1.29, 1.82) is 0 Å². The Morgan fingerprint density at radius 3 is 2.76 bits per heavy atom. The van der Waals surface area contributed by atoms with Crippen LogP contribution in [0.1, 0.15) is 23.2 Å². The highest BCUT2D eigenvalue weighted by Gasteiger charge is 2.32. The van der Waals surface area contributed by atoms with E-state index in [9.17, 15) is 14.7 Å². The number of amides is 1. The van der Waals surface area contributed by atoms with Crippen LogP contribution >= 0.6 is 0 Å². The molecule has 136 valence electrons. The van der Waals surface area contributed by atoms with Crippen molar-refractivity contribution < 1.29 is 33.6 Å². The zero-order chi connectivity index (χ0) is 17.8. The first-order chi connectivity index (χ1) is 12.1. The van der Waals surface area contributed by atoms with Gasteiger partial charge in [0, 0.05) is 18.1 Å². The second-order valence-electron chi connectivity index (χ2n) is 5.97. The molecular weight excluding hydrogens is 330 g/mol. The first kappa shape index (κ1) is 17.3. The number of carboxylic acid groups (broad SMARTS) is 1. The van der Waals surface area contributed by atoms with Crippen molar-refractivity contribution in [3.05, 3.63) is 17.7 Å². The van der Waals surface area contributed by atoms with Crippen molar-refractivity contribution in [1.82, 2.24) is 5.32 Å². The molecule has 1 saturated heterocycles.